The second kappa shape index (κ2) is 10.8. The number of amides is 1. The Morgan fingerprint density at radius 2 is 2.06 bits per heavy atom. The molecule has 0 saturated carbocycles. The van der Waals surface area contributed by atoms with Crippen molar-refractivity contribution < 1.29 is 14.3 Å². The number of benzene rings is 1. The van der Waals surface area contributed by atoms with E-state index in [9.17, 15) is 4.79 Å². The van der Waals surface area contributed by atoms with Crippen molar-refractivity contribution in [3.8, 4) is 5.75 Å². The van der Waals surface area contributed by atoms with Crippen molar-refractivity contribution in [1.29, 1.82) is 0 Å². The molecular weight excluding hydrogens is 398 g/mol. The van der Waals surface area contributed by atoms with Crippen molar-refractivity contribution >= 4 is 11.9 Å². The highest BCUT2D eigenvalue weighted by Gasteiger charge is 2.22. The van der Waals surface area contributed by atoms with Crippen LogP contribution in [0, 0.1) is 0 Å². The lowest BCUT2D eigenvalue weighted by molar-refractivity contribution is -0.127. The number of hydrogen-bond donors (Lipinski definition) is 2. The maximum Gasteiger partial charge on any atom is 0.241 e. The van der Waals surface area contributed by atoms with E-state index in [1.54, 1.807) is 33.2 Å². The molecule has 1 aliphatic heterocycles. The van der Waals surface area contributed by atoms with Crippen molar-refractivity contribution in [1.82, 2.24) is 30.3 Å². The summed E-state index contributed by atoms with van der Waals surface area (Å²) in [4.78, 5) is 22.8. The number of likely N-dealkylation sites (N-methyl/N-ethyl adjacent to an activating group) is 1. The van der Waals surface area contributed by atoms with Gasteiger partial charge in [-0.25, -0.2) is 14.7 Å². The topological polar surface area (TPSA) is 106 Å². The SMILES string of the molecule is COCc1nc2n(n1)CC(NC(=NCc1ccc(OC)cc1)NCC(=O)N(C)C)CC2. The third-order valence-corrected chi connectivity index (χ3v) is 5.00. The van der Waals surface area contributed by atoms with E-state index in [-0.39, 0.29) is 18.5 Å². The average molecular weight is 430 g/mol. The van der Waals surface area contributed by atoms with Gasteiger partial charge in [0.15, 0.2) is 11.8 Å². The third kappa shape index (κ3) is 6.42. The summed E-state index contributed by atoms with van der Waals surface area (Å²) in [5.41, 5.74) is 1.05. The van der Waals surface area contributed by atoms with Gasteiger partial charge in [0, 0.05) is 33.7 Å². The molecule has 168 valence electrons. The maximum absolute atomic E-state index is 12.0. The number of nitrogens with one attached hydrogen (secondary N) is 2. The molecule has 1 atom stereocenters. The number of nitrogens with zero attached hydrogens (tertiary/aromatic N) is 5. The Balaban J connectivity index is 1.67. The van der Waals surface area contributed by atoms with E-state index >= 15 is 0 Å². The number of aliphatic imine (C=N–C) groups is 1. The monoisotopic (exact) mass is 429 g/mol. The summed E-state index contributed by atoms with van der Waals surface area (Å²) in [6.45, 7) is 1.73. The van der Waals surface area contributed by atoms with Crippen LogP contribution < -0.4 is 15.4 Å². The molecule has 0 radical (unpaired) electrons. The van der Waals surface area contributed by atoms with E-state index in [2.05, 4.69) is 25.7 Å². The molecule has 0 saturated heterocycles. The number of aryl methyl sites for hydroxylation is 1. The molecule has 1 aromatic heterocycles. The molecular formula is C21H31N7O3. The van der Waals surface area contributed by atoms with Gasteiger partial charge in [-0.1, -0.05) is 12.1 Å². The molecule has 0 aliphatic carbocycles. The molecule has 1 aliphatic rings. The van der Waals surface area contributed by atoms with E-state index in [0.29, 0.717) is 31.5 Å². The zero-order valence-corrected chi connectivity index (χ0v) is 18.6. The van der Waals surface area contributed by atoms with Crippen molar-refractivity contribution in [3.05, 3.63) is 41.5 Å². The lowest BCUT2D eigenvalue weighted by Gasteiger charge is -2.25. The van der Waals surface area contributed by atoms with Crippen LogP contribution in [-0.4, -0.2) is 72.4 Å². The van der Waals surface area contributed by atoms with Crippen LogP contribution in [0.5, 0.6) is 5.75 Å². The summed E-state index contributed by atoms with van der Waals surface area (Å²) in [5, 5.41) is 11.1. The van der Waals surface area contributed by atoms with Crippen molar-refractivity contribution in [2.24, 2.45) is 4.99 Å². The molecule has 0 spiro atoms. The zero-order valence-electron chi connectivity index (χ0n) is 18.6. The predicted octanol–water partition coefficient (Wildman–Crippen LogP) is 0.572. The van der Waals surface area contributed by atoms with Crippen LogP contribution in [0.2, 0.25) is 0 Å². The number of hydrogen-bond acceptors (Lipinski definition) is 6. The van der Waals surface area contributed by atoms with Gasteiger partial charge in [-0.3, -0.25) is 4.79 Å². The number of ether oxygens (including phenoxy) is 2. The van der Waals surface area contributed by atoms with Crippen molar-refractivity contribution in [2.75, 3.05) is 34.9 Å². The highest BCUT2D eigenvalue weighted by molar-refractivity contribution is 5.86. The van der Waals surface area contributed by atoms with Gasteiger partial charge in [-0.15, -0.1) is 0 Å². The van der Waals surface area contributed by atoms with Crippen molar-refractivity contribution in [3.63, 3.8) is 0 Å². The first kappa shape index (κ1) is 22.5. The first-order valence-corrected chi connectivity index (χ1v) is 10.3. The summed E-state index contributed by atoms with van der Waals surface area (Å²) in [6, 6.07) is 7.90. The highest BCUT2D eigenvalue weighted by atomic mass is 16.5. The normalized spacial score (nSPS) is 15.9. The highest BCUT2D eigenvalue weighted by Crippen LogP contribution is 2.14. The minimum absolute atomic E-state index is 0.0228. The van der Waals surface area contributed by atoms with E-state index in [4.69, 9.17) is 9.47 Å². The Morgan fingerprint density at radius 3 is 2.74 bits per heavy atom. The van der Waals surface area contributed by atoms with Gasteiger partial charge in [0.25, 0.3) is 0 Å². The fourth-order valence-electron chi connectivity index (χ4n) is 3.23. The van der Waals surface area contributed by atoms with Crippen LogP contribution in [-0.2, 0) is 35.6 Å². The first-order valence-electron chi connectivity index (χ1n) is 10.3. The van der Waals surface area contributed by atoms with Gasteiger partial charge in [0.1, 0.15) is 18.2 Å². The van der Waals surface area contributed by atoms with Crippen LogP contribution in [0.15, 0.2) is 29.3 Å². The summed E-state index contributed by atoms with van der Waals surface area (Å²) in [7, 11) is 6.74. The van der Waals surface area contributed by atoms with E-state index < -0.39 is 0 Å². The number of guanidine groups is 1. The Labute approximate surface area is 182 Å². The summed E-state index contributed by atoms with van der Waals surface area (Å²) in [6.07, 6.45) is 1.72. The van der Waals surface area contributed by atoms with Gasteiger partial charge in [-0.2, -0.15) is 5.10 Å². The van der Waals surface area contributed by atoms with Crippen molar-refractivity contribution in [2.45, 2.75) is 38.6 Å². The molecule has 1 amide bonds. The molecule has 1 aromatic carbocycles. The summed E-state index contributed by atoms with van der Waals surface area (Å²) < 4.78 is 12.3. The minimum atomic E-state index is -0.0228. The van der Waals surface area contributed by atoms with E-state index in [1.165, 1.54) is 0 Å². The van der Waals surface area contributed by atoms with Crippen LogP contribution in [0.25, 0.3) is 0 Å². The molecule has 2 N–H and O–H groups in total. The smallest absolute Gasteiger partial charge is 0.241 e. The maximum atomic E-state index is 12.0. The molecule has 31 heavy (non-hydrogen) atoms. The predicted molar refractivity (Wildman–Crippen MR) is 117 cm³/mol. The largest absolute Gasteiger partial charge is 0.497 e. The number of methoxy groups -OCH3 is 2. The standard InChI is InChI=1S/C21H31N7O3/c1-27(2)20(29)12-23-21(22-11-15-5-8-17(31-4)9-6-15)24-16-7-10-19-25-18(14-30-3)26-28(19)13-16/h5-6,8-9,16H,7,10-14H2,1-4H3,(H2,22,23,24). The molecule has 2 aromatic rings. The van der Waals surface area contributed by atoms with Gasteiger partial charge in [-0.05, 0) is 24.1 Å². The molecule has 3 rings (SSSR count). The Bertz CT molecular complexity index is 893. The quantitative estimate of drug-likeness (QED) is 0.467. The van der Waals surface area contributed by atoms with Gasteiger partial charge >= 0.3 is 0 Å². The first-order chi connectivity index (χ1) is 15.0. The lowest BCUT2D eigenvalue weighted by Crippen LogP contribution is -2.49. The molecule has 10 heteroatoms. The van der Waals surface area contributed by atoms with E-state index in [1.807, 2.05) is 28.9 Å². The average Bonchev–Trinajstić information content (AvgIpc) is 3.17. The number of aromatic nitrogens is 3. The zero-order chi connectivity index (χ0) is 22.2. The molecule has 2 heterocycles. The number of fused-ring (bicyclic) bond motifs is 1. The molecule has 10 nitrogen and oxygen atoms in total. The number of carbonyl (C=O) groups excluding carboxylic acids is 1. The second-order valence-electron chi connectivity index (χ2n) is 7.59. The van der Waals surface area contributed by atoms with Crippen LogP contribution >= 0.6 is 0 Å². The van der Waals surface area contributed by atoms with Crippen LogP contribution in [0.1, 0.15) is 23.6 Å². The molecule has 0 fully saturated rings. The fourth-order valence-corrected chi connectivity index (χ4v) is 3.23. The van der Waals surface area contributed by atoms with Gasteiger partial charge in [0.2, 0.25) is 5.91 Å². The Morgan fingerprint density at radius 1 is 1.29 bits per heavy atom. The Hall–Kier alpha value is -3.14. The van der Waals surface area contributed by atoms with Gasteiger partial charge < -0.3 is 25.0 Å². The van der Waals surface area contributed by atoms with Gasteiger partial charge in [0.05, 0.1) is 26.7 Å². The van der Waals surface area contributed by atoms with E-state index in [0.717, 1.165) is 30.0 Å². The number of carbonyl (C=O) groups is 1. The van der Waals surface area contributed by atoms with Crippen LogP contribution in [0.3, 0.4) is 0 Å². The molecule has 0 bridgehead atoms. The third-order valence-electron chi connectivity index (χ3n) is 5.00. The summed E-state index contributed by atoms with van der Waals surface area (Å²) in [5.74, 6) is 3.04. The minimum Gasteiger partial charge on any atom is -0.497 e. The van der Waals surface area contributed by atoms with Crippen LogP contribution in [0.4, 0.5) is 0 Å². The second-order valence-corrected chi connectivity index (χ2v) is 7.59. The fraction of sp³-hybridized carbons (Fsp3) is 0.524. The number of rotatable bonds is 8. The summed E-state index contributed by atoms with van der Waals surface area (Å²) >= 11 is 0. The molecule has 1 unspecified atom stereocenters. The Kier molecular flexibility index (Phi) is 7.82. The lowest BCUT2D eigenvalue weighted by atomic mass is 10.1.